The van der Waals surface area contributed by atoms with Crippen LogP contribution < -0.4 is 10.9 Å². The second-order valence-electron chi connectivity index (χ2n) is 1.86. The van der Waals surface area contributed by atoms with Gasteiger partial charge in [-0.1, -0.05) is 0 Å². The molecule has 2 N–H and O–H groups in total. The third kappa shape index (κ3) is 2.17. The highest BCUT2D eigenvalue weighted by Gasteiger charge is 1.95. The van der Waals surface area contributed by atoms with Crippen molar-refractivity contribution < 1.29 is 4.79 Å². The Morgan fingerprint density at radius 3 is 3.00 bits per heavy atom. The predicted molar refractivity (Wildman–Crippen MR) is 37.0 cm³/mol. The molecule has 1 rings (SSSR count). The van der Waals surface area contributed by atoms with Crippen LogP contribution in [0.3, 0.4) is 0 Å². The Hall–Kier alpha value is -1.72. The molecule has 0 aliphatic heterocycles. The van der Waals surface area contributed by atoms with Crippen LogP contribution in [0.2, 0.25) is 0 Å². The summed E-state index contributed by atoms with van der Waals surface area (Å²) in [7, 11) is 0. The van der Waals surface area contributed by atoms with Crippen LogP contribution in [0, 0.1) is 0 Å². The van der Waals surface area contributed by atoms with Gasteiger partial charge in [0.25, 0.3) is 5.56 Å². The van der Waals surface area contributed by atoms with Crippen molar-refractivity contribution in [3.05, 3.63) is 16.6 Å². The monoisotopic (exact) mass is 154 g/mol. The molecule has 1 aromatic heterocycles. The van der Waals surface area contributed by atoms with E-state index in [1.165, 1.54) is 6.92 Å². The van der Waals surface area contributed by atoms with Crippen LogP contribution >= 0.6 is 0 Å². The maximum atomic E-state index is 10.6. The Morgan fingerprint density at radius 2 is 2.45 bits per heavy atom. The van der Waals surface area contributed by atoms with E-state index in [-0.39, 0.29) is 11.9 Å². The molecule has 0 aliphatic carbocycles. The number of nitrogens with one attached hydrogen (secondary N) is 2. The lowest BCUT2D eigenvalue weighted by molar-refractivity contribution is -0.114. The maximum absolute atomic E-state index is 10.6. The van der Waals surface area contributed by atoms with Gasteiger partial charge in [0.2, 0.25) is 11.9 Å². The van der Waals surface area contributed by atoms with Crippen molar-refractivity contribution >= 4 is 11.9 Å². The molecule has 0 bridgehead atoms. The molecule has 0 saturated carbocycles. The van der Waals surface area contributed by atoms with Gasteiger partial charge >= 0.3 is 0 Å². The number of hydrogen-bond acceptors (Lipinski definition) is 4. The standard InChI is InChI=1S/C5H6N4O2/c1-3(10)7-5-8-4(11)2-6-9-5/h2H,1H3,(H2,7,8,9,10,11). The van der Waals surface area contributed by atoms with Crippen LogP contribution in [-0.4, -0.2) is 21.1 Å². The fourth-order valence-corrected chi connectivity index (χ4v) is 0.536. The third-order valence-corrected chi connectivity index (χ3v) is 0.869. The first-order valence-electron chi connectivity index (χ1n) is 2.88. The zero-order chi connectivity index (χ0) is 8.27. The van der Waals surface area contributed by atoms with Gasteiger partial charge in [0.05, 0.1) is 0 Å². The smallest absolute Gasteiger partial charge is 0.271 e. The van der Waals surface area contributed by atoms with Crippen molar-refractivity contribution in [2.75, 3.05) is 5.32 Å². The molecular weight excluding hydrogens is 148 g/mol. The number of amides is 1. The molecule has 0 atom stereocenters. The molecule has 0 fully saturated rings. The largest absolute Gasteiger partial charge is 0.295 e. The lowest BCUT2D eigenvalue weighted by Crippen LogP contribution is -2.15. The van der Waals surface area contributed by atoms with Gasteiger partial charge in [-0.3, -0.25) is 19.9 Å². The molecule has 0 aromatic carbocycles. The molecule has 1 aromatic rings. The summed E-state index contributed by atoms with van der Waals surface area (Å²) in [6, 6.07) is 0. The van der Waals surface area contributed by atoms with Crippen molar-refractivity contribution in [1.82, 2.24) is 15.2 Å². The number of aromatic nitrogens is 3. The summed E-state index contributed by atoms with van der Waals surface area (Å²) in [5.41, 5.74) is -0.399. The summed E-state index contributed by atoms with van der Waals surface area (Å²) in [5, 5.41) is 9.05. The molecule has 0 unspecified atom stereocenters. The third-order valence-electron chi connectivity index (χ3n) is 0.869. The van der Waals surface area contributed by atoms with Crippen LogP contribution in [0.15, 0.2) is 11.0 Å². The molecule has 1 amide bonds. The van der Waals surface area contributed by atoms with Crippen molar-refractivity contribution in [3.8, 4) is 0 Å². The minimum absolute atomic E-state index is 0.0602. The zero-order valence-electron chi connectivity index (χ0n) is 5.79. The van der Waals surface area contributed by atoms with Crippen molar-refractivity contribution in [1.29, 1.82) is 0 Å². The number of carbonyl (C=O) groups excluding carboxylic acids is 1. The number of anilines is 1. The van der Waals surface area contributed by atoms with Gasteiger partial charge < -0.3 is 0 Å². The Balaban J connectivity index is 2.88. The van der Waals surface area contributed by atoms with Crippen LogP contribution in [0.1, 0.15) is 6.92 Å². The summed E-state index contributed by atoms with van der Waals surface area (Å²) in [6.07, 6.45) is 1.02. The number of carbonyl (C=O) groups is 1. The summed E-state index contributed by atoms with van der Waals surface area (Å²) in [6.45, 7) is 1.31. The normalized spacial score (nSPS) is 9.18. The Kier molecular flexibility index (Phi) is 1.95. The van der Waals surface area contributed by atoms with E-state index in [1.807, 2.05) is 0 Å². The highest BCUT2D eigenvalue weighted by molar-refractivity contribution is 5.86. The van der Waals surface area contributed by atoms with E-state index in [1.54, 1.807) is 0 Å². The van der Waals surface area contributed by atoms with Crippen molar-refractivity contribution in [3.63, 3.8) is 0 Å². The SMILES string of the molecule is CC(=O)Nc1nncc(=O)[nH]1. The number of H-pyrrole nitrogens is 1. The lowest BCUT2D eigenvalue weighted by Gasteiger charge is -1.95. The Morgan fingerprint density at radius 1 is 1.73 bits per heavy atom. The topological polar surface area (TPSA) is 87.7 Å². The van der Waals surface area contributed by atoms with Crippen LogP contribution in [-0.2, 0) is 4.79 Å². The molecular formula is C5H6N4O2. The van der Waals surface area contributed by atoms with Crippen LogP contribution in [0.25, 0.3) is 0 Å². The molecule has 11 heavy (non-hydrogen) atoms. The van der Waals surface area contributed by atoms with E-state index in [0.717, 1.165) is 6.20 Å². The molecule has 6 nitrogen and oxygen atoms in total. The number of nitrogens with zero attached hydrogens (tertiary/aromatic N) is 2. The Bertz CT molecular complexity index is 318. The van der Waals surface area contributed by atoms with E-state index < -0.39 is 5.56 Å². The molecule has 0 radical (unpaired) electrons. The number of hydrogen-bond donors (Lipinski definition) is 2. The van der Waals surface area contributed by atoms with Gasteiger partial charge in [-0.15, -0.1) is 10.2 Å². The second-order valence-corrected chi connectivity index (χ2v) is 1.86. The zero-order valence-corrected chi connectivity index (χ0v) is 5.79. The maximum Gasteiger partial charge on any atom is 0.271 e. The fourth-order valence-electron chi connectivity index (χ4n) is 0.536. The van der Waals surface area contributed by atoms with E-state index in [4.69, 9.17) is 0 Å². The summed E-state index contributed by atoms with van der Waals surface area (Å²) in [5.74, 6) is -0.244. The molecule has 6 heteroatoms. The highest BCUT2D eigenvalue weighted by Crippen LogP contribution is 1.86. The molecule has 0 spiro atoms. The first-order valence-corrected chi connectivity index (χ1v) is 2.88. The highest BCUT2D eigenvalue weighted by atomic mass is 16.1. The van der Waals surface area contributed by atoms with Gasteiger partial charge in [-0.2, -0.15) is 0 Å². The average Bonchev–Trinajstić information content (AvgIpc) is 1.85. The van der Waals surface area contributed by atoms with Crippen molar-refractivity contribution in [2.24, 2.45) is 0 Å². The fraction of sp³-hybridized carbons (Fsp3) is 0.200. The Labute approximate surface area is 61.7 Å². The first kappa shape index (κ1) is 7.39. The van der Waals surface area contributed by atoms with Crippen LogP contribution in [0.4, 0.5) is 5.95 Å². The van der Waals surface area contributed by atoms with E-state index in [9.17, 15) is 9.59 Å². The molecule has 0 saturated heterocycles. The van der Waals surface area contributed by atoms with Gasteiger partial charge in [-0.25, -0.2) is 0 Å². The quantitative estimate of drug-likeness (QED) is 0.550. The van der Waals surface area contributed by atoms with Gasteiger partial charge in [-0.05, 0) is 0 Å². The van der Waals surface area contributed by atoms with Gasteiger partial charge in [0.1, 0.15) is 6.20 Å². The second kappa shape index (κ2) is 2.91. The van der Waals surface area contributed by atoms with Crippen LogP contribution in [0.5, 0.6) is 0 Å². The molecule has 58 valence electrons. The van der Waals surface area contributed by atoms with Crippen molar-refractivity contribution in [2.45, 2.75) is 6.92 Å². The first-order chi connectivity index (χ1) is 5.18. The number of aromatic amines is 1. The summed E-state index contributed by atoms with van der Waals surface area (Å²) in [4.78, 5) is 23.3. The van der Waals surface area contributed by atoms with E-state index >= 15 is 0 Å². The van der Waals surface area contributed by atoms with Gasteiger partial charge in [0, 0.05) is 6.92 Å². The lowest BCUT2D eigenvalue weighted by atomic mass is 10.7. The van der Waals surface area contributed by atoms with E-state index in [0.29, 0.717) is 0 Å². The summed E-state index contributed by atoms with van der Waals surface area (Å²) >= 11 is 0. The summed E-state index contributed by atoms with van der Waals surface area (Å²) < 4.78 is 0. The minimum atomic E-state index is -0.399. The van der Waals surface area contributed by atoms with E-state index in [2.05, 4.69) is 20.5 Å². The predicted octanol–water partition coefficient (Wildman–Crippen LogP) is -0.877. The molecule has 0 aliphatic rings. The number of rotatable bonds is 1. The van der Waals surface area contributed by atoms with Gasteiger partial charge in [0.15, 0.2) is 0 Å². The molecule has 1 heterocycles. The minimum Gasteiger partial charge on any atom is -0.295 e. The average molecular weight is 154 g/mol.